The second-order valence-corrected chi connectivity index (χ2v) is 11.4. The summed E-state index contributed by atoms with van der Waals surface area (Å²) in [5.74, 6) is -0.304. The molecule has 3 aromatic rings. The first kappa shape index (κ1) is 30.0. The van der Waals surface area contributed by atoms with Gasteiger partial charge >= 0.3 is 0 Å². The third-order valence-corrected chi connectivity index (χ3v) is 8.29. The Hall–Kier alpha value is -3.57. The van der Waals surface area contributed by atoms with E-state index in [1.165, 1.54) is 37.3 Å². The molecule has 0 aromatic heterocycles. The first-order valence-electron chi connectivity index (χ1n) is 12.2. The number of ether oxygens (including phenoxy) is 2. The number of hydrogen-bond acceptors (Lipinski definition) is 6. The molecule has 1 atom stereocenters. The zero-order valence-corrected chi connectivity index (χ0v) is 24.7. The Morgan fingerprint density at radius 1 is 0.974 bits per heavy atom. The lowest BCUT2D eigenvalue weighted by Crippen LogP contribution is -2.51. The van der Waals surface area contributed by atoms with Gasteiger partial charge in [0.05, 0.1) is 24.8 Å². The molecular weight excluding hydrogens is 586 g/mol. The molecule has 0 radical (unpaired) electrons. The van der Waals surface area contributed by atoms with Gasteiger partial charge in [0.15, 0.2) is 0 Å². The first-order chi connectivity index (χ1) is 18.6. The van der Waals surface area contributed by atoms with E-state index < -0.39 is 28.5 Å². The van der Waals surface area contributed by atoms with Crippen LogP contribution < -0.4 is 19.1 Å². The normalized spacial score (nSPS) is 11.8. The molecule has 3 rings (SSSR count). The van der Waals surface area contributed by atoms with E-state index in [-0.39, 0.29) is 28.8 Å². The predicted molar refractivity (Wildman–Crippen MR) is 153 cm³/mol. The maximum absolute atomic E-state index is 14.0. The van der Waals surface area contributed by atoms with Gasteiger partial charge in [0.1, 0.15) is 24.1 Å². The van der Waals surface area contributed by atoms with Crippen LogP contribution in [0.4, 0.5) is 5.69 Å². The molecule has 11 heteroatoms. The number of sulfonamides is 1. The van der Waals surface area contributed by atoms with Crippen LogP contribution in [0.2, 0.25) is 0 Å². The molecule has 1 unspecified atom stereocenters. The number of carbonyl (C=O) groups excluding carboxylic acids is 2. The van der Waals surface area contributed by atoms with Crippen LogP contribution in [0.15, 0.2) is 82.2 Å². The monoisotopic (exact) mass is 617 g/mol. The van der Waals surface area contributed by atoms with Crippen molar-refractivity contribution in [2.45, 2.75) is 31.3 Å². The Bertz CT molecular complexity index is 1400. The highest BCUT2D eigenvalue weighted by Gasteiger charge is 2.34. The molecular formula is C28H32BrN3O6S. The highest BCUT2D eigenvalue weighted by Crippen LogP contribution is 2.36. The fourth-order valence-electron chi connectivity index (χ4n) is 3.96. The standard InChI is InChI=1S/C28H32BrN3O6S/c1-5-30-28(34)20(2)31(18-21-10-9-11-22(29)16-21)27(33)19-32(39(35,36)24-12-7-6-8-13-24)25-17-23(37-3)14-15-26(25)38-4/h6-17,20H,5,18-19H2,1-4H3,(H,30,34). The second-order valence-electron chi connectivity index (χ2n) is 8.58. The van der Waals surface area contributed by atoms with Crippen molar-refractivity contribution in [3.63, 3.8) is 0 Å². The summed E-state index contributed by atoms with van der Waals surface area (Å²) in [7, 11) is -1.36. The van der Waals surface area contributed by atoms with Gasteiger partial charge in [0, 0.05) is 23.6 Å². The number of hydrogen-bond donors (Lipinski definition) is 1. The van der Waals surface area contributed by atoms with Gasteiger partial charge in [-0.25, -0.2) is 8.42 Å². The summed E-state index contributed by atoms with van der Waals surface area (Å²) in [6.07, 6.45) is 0. The van der Waals surface area contributed by atoms with Gasteiger partial charge in [0.25, 0.3) is 10.0 Å². The van der Waals surface area contributed by atoms with Crippen LogP contribution in [0.25, 0.3) is 0 Å². The van der Waals surface area contributed by atoms with Gasteiger partial charge in [-0.05, 0) is 55.8 Å². The number of methoxy groups -OCH3 is 2. The molecule has 39 heavy (non-hydrogen) atoms. The van der Waals surface area contributed by atoms with Crippen LogP contribution in [0.3, 0.4) is 0 Å². The lowest BCUT2D eigenvalue weighted by atomic mass is 10.1. The highest BCUT2D eigenvalue weighted by molar-refractivity contribution is 9.10. The molecule has 0 spiro atoms. The van der Waals surface area contributed by atoms with Crippen LogP contribution in [-0.2, 0) is 26.2 Å². The number of carbonyl (C=O) groups is 2. The first-order valence-corrected chi connectivity index (χ1v) is 14.5. The number of benzene rings is 3. The van der Waals surface area contributed by atoms with Crippen molar-refractivity contribution in [1.29, 1.82) is 0 Å². The summed E-state index contributed by atoms with van der Waals surface area (Å²) in [6.45, 7) is 3.29. The molecule has 0 saturated carbocycles. The molecule has 3 aromatic carbocycles. The van der Waals surface area contributed by atoms with Gasteiger partial charge in [-0.2, -0.15) is 0 Å². The number of nitrogens with zero attached hydrogens (tertiary/aromatic N) is 2. The van der Waals surface area contributed by atoms with Crippen molar-refractivity contribution in [2.75, 3.05) is 31.6 Å². The van der Waals surface area contributed by atoms with Crippen LogP contribution in [-0.4, -0.2) is 58.5 Å². The average Bonchev–Trinajstić information content (AvgIpc) is 2.94. The minimum atomic E-state index is -4.23. The number of anilines is 1. The molecule has 0 aliphatic rings. The third kappa shape index (κ3) is 7.30. The second kappa shape index (κ2) is 13.5. The number of rotatable bonds is 12. The van der Waals surface area contributed by atoms with E-state index in [0.717, 1.165) is 14.3 Å². The van der Waals surface area contributed by atoms with Crippen LogP contribution >= 0.6 is 15.9 Å². The van der Waals surface area contributed by atoms with E-state index in [2.05, 4.69) is 21.2 Å². The Morgan fingerprint density at radius 2 is 1.69 bits per heavy atom. The van der Waals surface area contributed by atoms with Crippen molar-refractivity contribution in [3.05, 3.63) is 82.8 Å². The highest BCUT2D eigenvalue weighted by atomic mass is 79.9. The van der Waals surface area contributed by atoms with Crippen LogP contribution in [0, 0.1) is 0 Å². The van der Waals surface area contributed by atoms with Crippen LogP contribution in [0.5, 0.6) is 11.5 Å². The molecule has 0 saturated heterocycles. The van der Waals surface area contributed by atoms with E-state index in [0.29, 0.717) is 12.3 Å². The van der Waals surface area contributed by atoms with Crippen molar-refractivity contribution in [3.8, 4) is 11.5 Å². The lowest BCUT2D eigenvalue weighted by molar-refractivity contribution is -0.139. The topological polar surface area (TPSA) is 105 Å². The van der Waals surface area contributed by atoms with Crippen molar-refractivity contribution < 1.29 is 27.5 Å². The van der Waals surface area contributed by atoms with Crippen molar-refractivity contribution in [2.24, 2.45) is 0 Å². The summed E-state index contributed by atoms with van der Waals surface area (Å²) in [6, 6.07) is 19.0. The van der Waals surface area contributed by atoms with Gasteiger partial charge in [0.2, 0.25) is 11.8 Å². The van der Waals surface area contributed by atoms with E-state index in [4.69, 9.17) is 9.47 Å². The number of likely N-dealkylation sites (N-methyl/N-ethyl adjacent to an activating group) is 1. The molecule has 0 aliphatic carbocycles. The van der Waals surface area contributed by atoms with Crippen LogP contribution in [0.1, 0.15) is 19.4 Å². The Kier molecular flexibility index (Phi) is 10.4. The zero-order chi connectivity index (χ0) is 28.6. The number of halogens is 1. The number of nitrogens with one attached hydrogen (secondary N) is 1. The maximum atomic E-state index is 14.0. The smallest absolute Gasteiger partial charge is 0.264 e. The predicted octanol–water partition coefficient (Wildman–Crippen LogP) is 4.22. The molecule has 9 nitrogen and oxygen atoms in total. The van der Waals surface area contributed by atoms with E-state index in [9.17, 15) is 18.0 Å². The quantitative estimate of drug-likeness (QED) is 0.326. The third-order valence-electron chi connectivity index (χ3n) is 6.03. The van der Waals surface area contributed by atoms with Gasteiger partial charge in [-0.3, -0.25) is 13.9 Å². The Balaban J connectivity index is 2.11. The maximum Gasteiger partial charge on any atom is 0.264 e. The van der Waals surface area contributed by atoms with Crippen molar-refractivity contribution >= 4 is 43.5 Å². The molecule has 0 heterocycles. The molecule has 1 N–H and O–H groups in total. The minimum Gasteiger partial charge on any atom is -0.497 e. The summed E-state index contributed by atoms with van der Waals surface area (Å²) in [5.41, 5.74) is 0.896. The van der Waals surface area contributed by atoms with E-state index >= 15 is 0 Å². The molecule has 0 bridgehead atoms. The fourth-order valence-corrected chi connectivity index (χ4v) is 5.85. The fraction of sp³-hybridized carbons (Fsp3) is 0.286. The summed E-state index contributed by atoms with van der Waals surface area (Å²) < 4.78 is 40.5. The molecule has 208 valence electrons. The SMILES string of the molecule is CCNC(=O)C(C)N(Cc1cccc(Br)c1)C(=O)CN(c1cc(OC)ccc1OC)S(=O)(=O)c1ccccc1. The Labute approximate surface area is 237 Å². The Morgan fingerprint density at radius 3 is 2.31 bits per heavy atom. The zero-order valence-electron chi connectivity index (χ0n) is 22.3. The number of amides is 2. The van der Waals surface area contributed by atoms with Gasteiger partial charge in [-0.1, -0.05) is 46.3 Å². The van der Waals surface area contributed by atoms with E-state index in [1.807, 2.05) is 24.3 Å². The largest absolute Gasteiger partial charge is 0.497 e. The molecule has 2 amide bonds. The summed E-state index contributed by atoms with van der Waals surface area (Å²) >= 11 is 3.44. The lowest BCUT2D eigenvalue weighted by Gasteiger charge is -2.32. The van der Waals surface area contributed by atoms with E-state index in [1.54, 1.807) is 44.2 Å². The average molecular weight is 619 g/mol. The summed E-state index contributed by atoms with van der Waals surface area (Å²) in [4.78, 5) is 28.1. The summed E-state index contributed by atoms with van der Waals surface area (Å²) in [5, 5.41) is 2.74. The minimum absolute atomic E-state index is 0.00186. The molecule has 0 aliphatic heterocycles. The van der Waals surface area contributed by atoms with Gasteiger partial charge in [-0.15, -0.1) is 0 Å². The van der Waals surface area contributed by atoms with Gasteiger partial charge < -0.3 is 19.7 Å². The molecule has 0 fully saturated rings. The van der Waals surface area contributed by atoms with Crippen molar-refractivity contribution in [1.82, 2.24) is 10.2 Å².